The molecule has 1 aromatic heterocycles. The standard InChI is InChI=1S/C13H23F3N4/c1-4-7-17-11(5-6-13(14,15)16)8-12-18-9-19-20(12)10(2)3/h9-11,17H,4-8H2,1-3H3. The Bertz CT molecular complexity index is 387. The molecule has 0 aliphatic rings. The van der Waals surface area contributed by atoms with E-state index >= 15 is 0 Å². The zero-order valence-electron chi connectivity index (χ0n) is 12.2. The van der Waals surface area contributed by atoms with Crippen LogP contribution in [0.25, 0.3) is 0 Å². The molecule has 0 radical (unpaired) electrons. The Kier molecular flexibility index (Phi) is 6.45. The van der Waals surface area contributed by atoms with Gasteiger partial charge in [0.25, 0.3) is 0 Å². The van der Waals surface area contributed by atoms with Crippen molar-refractivity contribution in [2.24, 2.45) is 0 Å². The lowest BCUT2D eigenvalue weighted by Gasteiger charge is -2.20. The van der Waals surface area contributed by atoms with Crippen LogP contribution in [0.15, 0.2) is 6.33 Å². The van der Waals surface area contributed by atoms with Crippen molar-refractivity contribution >= 4 is 0 Å². The summed E-state index contributed by atoms with van der Waals surface area (Å²) in [4.78, 5) is 4.16. The van der Waals surface area contributed by atoms with Gasteiger partial charge in [0.1, 0.15) is 12.2 Å². The molecule has 0 aliphatic heterocycles. The van der Waals surface area contributed by atoms with Gasteiger partial charge in [-0.2, -0.15) is 18.3 Å². The van der Waals surface area contributed by atoms with Gasteiger partial charge in [-0.05, 0) is 33.2 Å². The van der Waals surface area contributed by atoms with Crippen LogP contribution in [0.3, 0.4) is 0 Å². The van der Waals surface area contributed by atoms with Crippen molar-refractivity contribution in [2.75, 3.05) is 6.54 Å². The SMILES string of the molecule is CCCNC(CCC(F)(F)F)Cc1ncnn1C(C)C. The molecule has 1 atom stereocenters. The van der Waals surface area contributed by atoms with Crippen molar-refractivity contribution < 1.29 is 13.2 Å². The van der Waals surface area contributed by atoms with Gasteiger partial charge in [-0.1, -0.05) is 6.92 Å². The first-order chi connectivity index (χ1) is 9.33. The maximum absolute atomic E-state index is 12.4. The highest BCUT2D eigenvalue weighted by Gasteiger charge is 2.28. The number of aromatic nitrogens is 3. The largest absolute Gasteiger partial charge is 0.389 e. The molecule has 1 unspecified atom stereocenters. The first-order valence-corrected chi connectivity index (χ1v) is 7.02. The molecular weight excluding hydrogens is 269 g/mol. The third-order valence-electron chi connectivity index (χ3n) is 3.02. The van der Waals surface area contributed by atoms with Crippen LogP contribution in [0.5, 0.6) is 0 Å². The highest BCUT2D eigenvalue weighted by molar-refractivity contribution is 4.91. The minimum atomic E-state index is -4.11. The molecule has 1 rings (SSSR count). The Labute approximate surface area is 117 Å². The predicted octanol–water partition coefficient (Wildman–Crippen LogP) is 3.11. The van der Waals surface area contributed by atoms with E-state index in [0.717, 1.165) is 12.2 Å². The molecule has 0 spiro atoms. The fourth-order valence-corrected chi connectivity index (χ4v) is 2.03. The van der Waals surface area contributed by atoms with E-state index in [1.165, 1.54) is 6.33 Å². The minimum Gasteiger partial charge on any atom is -0.314 e. The number of rotatable bonds is 8. The van der Waals surface area contributed by atoms with Crippen LogP contribution in [0, 0.1) is 0 Å². The topological polar surface area (TPSA) is 42.7 Å². The summed E-state index contributed by atoms with van der Waals surface area (Å²) in [5.41, 5.74) is 0. The summed E-state index contributed by atoms with van der Waals surface area (Å²) in [6.07, 6.45) is -2.01. The second-order valence-electron chi connectivity index (χ2n) is 5.22. The number of hydrogen-bond donors (Lipinski definition) is 1. The molecule has 0 aromatic carbocycles. The van der Waals surface area contributed by atoms with Crippen LogP contribution in [0.1, 0.15) is 51.9 Å². The molecule has 1 N–H and O–H groups in total. The van der Waals surface area contributed by atoms with E-state index < -0.39 is 12.6 Å². The molecule has 0 saturated heterocycles. The smallest absolute Gasteiger partial charge is 0.314 e. The highest BCUT2D eigenvalue weighted by atomic mass is 19.4. The molecule has 4 nitrogen and oxygen atoms in total. The molecule has 0 fully saturated rings. The van der Waals surface area contributed by atoms with Crippen molar-refractivity contribution in [3.05, 3.63) is 12.2 Å². The van der Waals surface area contributed by atoms with E-state index in [9.17, 15) is 13.2 Å². The summed E-state index contributed by atoms with van der Waals surface area (Å²) in [5.74, 6) is 0.732. The summed E-state index contributed by atoms with van der Waals surface area (Å²) >= 11 is 0. The van der Waals surface area contributed by atoms with E-state index in [0.29, 0.717) is 13.0 Å². The van der Waals surface area contributed by atoms with Gasteiger partial charge in [0.2, 0.25) is 0 Å². The Morgan fingerprint density at radius 3 is 2.60 bits per heavy atom. The van der Waals surface area contributed by atoms with Gasteiger partial charge in [-0.15, -0.1) is 0 Å². The normalized spacial score (nSPS) is 13.9. The predicted molar refractivity (Wildman–Crippen MR) is 71.5 cm³/mol. The molecule has 7 heteroatoms. The maximum Gasteiger partial charge on any atom is 0.389 e. The lowest BCUT2D eigenvalue weighted by Crippen LogP contribution is -2.34. The number of nitrogens with one attached hydrogen (secondary N) is 1. The lowest BCUT2D eigenvalue weighted by atomic mass is 10.1. The van der Waals surface area contributed by atoms with E-state index in [2.05, 4.69) is 15.4 Å². The minimum absolute atomic E-state index is 0.0639. The quantitative estimate of drug-likeness (QED) is 0.800. The summed E-state index contributed by atoms with van der Waals surface area (Å²) in [6.45, 7) is 6.65. The fourth-order valence-electron chi connectivity index (χ4n) is 2.03. The van der Waals surface area contributed by atoms with Gasteiger partial charge in [-0.25, -0.2) is 9.67 Å². The highest BCUT2D eigenvalue weighted by Crippen LogP contribution is 2.23. The van der Waals surface area contributed by atoms with Crippen LogP contribution in [0.2, 0.25) is 0 Å². The summed E-state index contributed by atoms with van der Waals surface area (Å²) in [7, 11) is 0. The van der Waals surface area contributed by atoms with Crippen molar-refractivity contribution in [1.29, 1.82) is 0 Å². The average Bonchev–Trinajstić information content (AvgIpc) is 2.79. The van der Waals surface area contributed by atoms with E-state index in [1.807, 2.05) is 20.8 Å². The van der Waals surface area contributed by atoms with Crippen molar-refractivity contribution in [2.45, 2.75) is 64.7 Å². The zero-order valence-corrected chi connectivity index (χ0v) is 12.2. The number of alkyl halides is 3. The van der Waals surface area contributed by atoms with E-state index in [4.69, 9.17) is 0 Å². The first-order valence-electron chi connectivity index (χ1n) is 7.02. The Morgan fingerprint density at radius 2 is 2.05 bits per heavy atom. The molecule has 1 heterocycles. The lowest BCUT2D eigenvalue weighted by molar-refractivity contribution is -0.136. The molecule has 0 amide bonds. The van der Waals surface area contributed by atoms with Gasteiger partial charge < -0.3 is 5.32 Å². The molecule has 0 bridgehead atoms. The molecular formula is C13H23F3N4. The second-order valence-corrected chi connectivity index (χ2v) is 5.22. The molecule has 20 heavy (non-hydrogen) atoms. The van der Waals surface area contributed by atoms with Crippen molar-refractivity contribution in [1.82, 2.24) is 20.1 Å². The van der Waals surface area contributed by atoms with Crippen LogP contribution in [-0.4, -0.2) is 33.5 Å². The van der Waals surface area contributed by atoms with Crippen LogP contribution >= 0.6 is 0 Å². The van der Waals surface area contributed by atoms with Crippen molar-refractivity contribution in [3.8, 4) is 0 Å². The Hall–Kier alpha value is -1.11. The van der Waals surface area contributed by atoms with Gasteiger partial charge in [-0.3, -0.25) is 0 Å². The van der Waals surface area contributed by atoms with Gasteiger partial charge in [0.15, 0.2) is 0 Å². The summed E-state index contributed by atoms with van der Waals surface area (Å²) < 4.78 is 38.8. The van der Waals surface area contributed by atoms with Crippen LogP contribution in [-0.2, 0) is 6.42 Å². The monoisotopic (exact) mass is 292 g/mol. The molecule has 0 saturated carbocycles. The number of nitrogens with zero attached hydrogens (tertiary/aromatic N) is 3. The molecule has 0 aliphatic carbocycles. The van der Waals surface area contributed by atoms with Crippen LogP contribution in [0.4, 0.5) is 13.2 Å². The third-order valence-corrected chi connectivity index (χ3v) is 3.02. The second kappa shape index (κ2) is 7.61. The number of halogens is 3. The van der Waals surface area contributed by atoms with Crippen LogP contribution < -0.4 is 5.32 Å². The third kappa shape index (κ3) is 5.90. The zero-order chi connectivity index (χ0) is 15.2. The summed E-state index contributed by atoms with van der Waals surface area (Å²) in [6, 6.07) is -0.0692. The average molecular weight is 292 g/mol. The molecule has 116 valence electrons. The van der Waals surface area contributed by atoms with E-state index in [-0.39, 0.29) is 18.5 Å². The Morgan fingerprint density at radius 1 is 1.35 bits per heavy atom. The number of hydrogen-bond acceptors (Lipinski definition) is 3. The van der Waals surface area contributed by atoms with Crippen molar-refractivity contribution in [3.63, 3.8) is 0 Å². The Balaban J connectivity index is 2.65. The van der Waals surface area contributed by atoms with Gasteiger partial charge in [0.05, 0.1) is 0 Å². The van der Waals surface area contributed by atoms with Gasteiger partial charge in [0, 0.05) is 24.9 Å². The van der Waals surface area contributed by atoms with Gasteiger partial charge >= 0.3 is 6.18 Å². The maximum atomic E-state index is 12.4. The first kappa shape index (κ1) is 16.9. The molecule has 1 aromatic rings. The fraction of sp³-hybridized carbons (Fsp3) is 0.846. The van der Waals surface area contributed by atoms with E-state index in [1.54, 1.807) is 4.68 Å². The summed E-state index contributed by atoms with van der Waals surface area (Å²) in [5, 5.41) is 7.28.